The van der Waals surface area contributed by atoms with Crippen LogP contribution in [0.4, 0.5) is 5.13 Å². The highest BCUT2D eigenvalue weighted by atomic mass is 32.1. The summed E-state index contributed by atoms with van der Waals surface area (Å²) in [5.41, 5.74) is 0.593. The van der Waals surface area contributed by atoms with E-state index in [2.05, 4.69) is 20.5 Å². The van der Waals surface area contributed by atoms with E-state index >= 15 is 0 Å². The van der Waals surface area contributed by atoms with Crippen LogP contribution in [0, 0.1) is 0 Å². The van der Waals surface area contributed by atoms with Gasteiger partial charge in [-0.25, -0.2) is 4.98 Å². The number of carbonyl (C=O) groups is 1. The molecular weight excluding hydrogens is 338 g/mol. The molecule has 0 saturated carbocycles. The monoisotopic (exact) mass is 357 g/mol. The lowest BCUT2D eigenvalue weighted by molar-refractivity contribution is -0.116. The van der Waals surface area contributed by atoms with E-state index in [0.29, 0.717) is 35.4 Å². The van der Waals surface area contributed by atoms with Gasteiger partial charge in [-0.3, -0.25) is 14.2 Å². The molecule has 0 aliphatic heterocycles. The zero-order valence-corrected chi connectivity index (χ0v) is 14.9. The molecule has 0 spiro atoms. The number of benzene rings is 1. The third-order valence-electron chi connectivity index (χ3n) is 3.72. The van der Waals surface area contributed by atoms with E-state index in [0.717, 1.165) is 5.01 Å². The summed E-state index contributed by atoms with van der Waals surface area (Å²) in [5.74, 6) is 0.156. The van der Waals surface area contributed by atoms with Gasteiger partial charge in [-0.2, -0.15) is 0 Å². The van der Waals surface area contributed by atoms with Gasteiger partial charge in [0.05, 0.1) is 17.2 Å². The van der Waals surface area contributed by atoms with Crippen molar-refractivity contribution in [2.24, 2.45) is 0 Å². The Hall–Kier alpha value is -2.61. The van der Waals surface area contributed by atoms with Crippen molar-refractivity contribution in [2.45, 2.75) is 39.2 Å². The minimum atomic E-state index is -0.131. The van der Waals surface area contributed by atoms with Crippen LogP contribution >= 0.6 is 11.3 Å². The molecule has 1 amide bonds. The number of amides is 1. The first-order chi connectivity index (χ1) is 12.0. The van der Waals surface area contributed by atoms with Crippen molar-refractivity contribution in [2.75, 3.05) is 5.32 Å². The summed E-state index contributed by atoms with van der Waals surface area (Å²) < 4.78 is 1.54. The van der Waals surface area contributed by atoms with Crippen molar-refractivity contribution >= 4 is 33.3 Å². The van der Waals surface area contributed by atoms with Crippen LogP contribution in [0.5, 0.6) is 0 Å². The van der Waals surface area contributed by atoms with Crippen LogP contribution in [-0.4, -0.2) is 25.7 Å². The predicted molar refractivity (Wildman–Crippen MR) is 97.9 cm³/mol. The SMILES string of the molecule is CC(C)c1nnc(NC(=O)CCCn2cnc3ccccc3c2=O)s1. The van der Waals surface area contributed by atoms with Gasteiger partial charge in [-0.15, -0.1) is 10.2 Å². The average molecular weight is 357 g/mol. The van der Waals surface area contributed by atoms with Crippen molar-refractivity contribution < 1.29 is 4.79 Å². The van der Waals surface area contributed by atoms with E-state index in [1.807, 2.05) is 32.0 Å². The van der Waals surface area contributed by atoms with E-state index in [1.165, 1.54) is 22.2 Å². The highest BCUT2D eigenvalue weighted by Gasteiger charge is 2.10. The number of anilines is 1. The first-order valence-corrected chi connectivity index (χ1v) is 8.93. The Bertz CT molecular complexity index is 947. The third-order valence-corrected chi connectivity index (χ3v) is 4.85. The molecule has 0 bridgehead atoms. The van der Waals surface area contributed by atoms with Crippen LogP contribution in [0.25, 0.3) is 10.9 Å². The molecular formula is C17H19N5O2S. The topological polar surface area (TPSA) is 89.8 Å². The van der Waals surface area contributed by atoms with Crippen LogP contribution in [-0.2, 0) is 11.3 Å². The maximum absolute atomic E-state index is 12.4. The maximum Gasteiger partial charge on any atom is 0.261 e. The molecule has 8 heteroatoms. The van der Waals surface area contributed by atoms with Crippen molar-refractivity contribution in [3.05, 3.63) is 46.0 Å². The standard InChI is InChI=1S/C17H19N5O2S/c1-11(2)15-20-21-17(25-15)19-14(23)8-5-9-22-10-18-13-7-4-3-6-12(13)16(22)24/h3-4,6-7,10-11H,5,8-9H2,1-2H3,(H,19,21,23). The lowest BCUT2D eigenvalue weighted by Gasteiger charge is -2.06. The molecule has 130 valence electrons. The number of hydrogen-bond donors (Lipinski definition) is 1. The summed E-state index contributed by atoms with van der Waals surface area (Å²) in [6.07, 6.45) is 2.37. The number of hydrogen-bond acceptors (Lipinski definition) is 6. The molecule has 2 heterocycles. The highest BCUT2D eigenvalue weighted by molar-refractivity contribution is 7.15. The van der Waals surface area contributed by atoms with Crippen LogP contribution < -0.4 is 10.9 Å². The number of aryl methyl sites for hydroxylation is 1. The molecule has 1 aromatic carbocycles. The van der Waals surface area contributed by atoms with E-state index in [4.69, 9.17) is 0 Å². The molecule has 1 N–H and O–H groups in total. The Kier molecular flexibility index (Phi) is 5.18. The number of nitrogens with zero attached hydrogens (tertiary/aromatic N) is 4. The number of aromatic nitrogens is 4. The minimum absolute atomic E-state index is 0.0864. The molecule has 3 rings (SSSR count). The Morgan fingerprint density at radius 3 is 2.84 bits per heavy atom. The van der Waals surface area contributed by atoms with Crippen molar-refractivity contribution in [1.82, 2.24) is 19.7 Å². The van der Waals surface area contributed by atoms with Crippen LogP contribution in [0.15, 0.2) is 35.4 Å². The largest absolute Gasteiger partial charge is 0.301 e. The van der Waals surface area contributed by atoms with Gasteiger partial charge in [0, 0.05) is 18.9 Å². The summed E-state index contributed by atoms with van der Waals surface area (Å²) in [6, 6.07) is 7.23. The summed E-state index contributed by atoms with van der Waals surface area (Å²) in [4.78, 5) is 28.6. The second kappa shape index (κ2) is 7.52. The zero-order chi connectivity index (χ0) is 17.8. The van der Waals surface area contributed by atoms with Gasteiger partial charge < -0.3 is 5.32 Å². The lowest BCUT2D eigenvalue weighted by atomic mass is 10.2. The van der Waals surface area contributed by atoms with E-state index in [1.54, 1.807) is 6.07 Å². The molecule has 0 fully saturated rings. The quantitative estimate of drug-likeness (QED) is 0.733. The van der Waals surface area contributed by atoms with Gasteiger partial charge in [-0.05, 0) is 18.6 Å². The van der Waals surface area contributed by atoms with Gasteiger partial charge in [0.2, 0.25) is 11.0 Å². The molecule has 0 unspecified atom stereocenters. The van der Waals surface area contributed by atoms with Crippen LogP contribution in [0.2, 0.25) is 0 Å². The molecule has 0 aliphatic carbocycles. The average Bonchev–Trinajstić information content (AvgIpc) is 3.06. The summed E-state index contributed by atoms with van der Waals surface area (Å²) >= 11 is 1.38. The Morgan fingerprint density at radius 1 is 1.28 bits per heavy atom. The van der Waals surface area contributed by atoms with Gasteiger partial charge >= 0.3 is 0 Å². The third kappa shape index (κ3) is 4.08. The van der Waals surface area contributed by atoms with Gasteiger partial charge in [0.15, 0.2) is 0 Å². The minimum Gasteiger partial charge on any atom is -0.301 e. The normalized spacial score (nSPS) is 11.2. The van der Waals surface area contributed by atoms with Crippen molar-refractivity contribution in [3.63, 3.8) is 0 Å². The number of para-hydroxylation sites is 1. The van der Waals surface area contributed by atoms with Crippen molar-refractivity contribution in [1.29, 1.82) is 0 Å². The first-order valence-electron chi connectivity index (χ1n) is 8.12. The number of fused-ring (bicyclic) bond motifs is 1. The number of carbonyl (C=O) groups excluding carboxylic acids is 1. The van der Waals surface area contributed by atoms with Gasteiger partial charge in [0.25, 0.3) is 5.56 Å². The van der Waals surface area contributed by atoms with Gasteiger partial charge in [-0.1, -0.05) is 37.3 Å². The molecule has 2 aromatic heterocycles. The highest BCUT2D eigenvalue weighted by Crippen LogP contribution is 2.22. The van der Waals surface area contributed by atoms with E-state index < -0.39 is 0 Å². The van der Waals surface area contributed by atoms with Crippen LogP contribution in [0.1, 0.15) is 37.6 Å². The second-order valence-electron chi connectivity index (χ2n) is 6.01. The summed E-state index contributed by atoms with van der Waals surface area (Å²) in [6.45, 7) is 4.50. The maximum atomic E-state index is 12.4. The van der Waals surface area contributed by atoms with E-state index in [-0.39, 0.29) is 17.4 Å². The Morgan fingerprint density at radius 2 is 2.08 bits per heavy atom. The molecule has 0 aliphatic rings. The van der Waals surface area contributed by atoms with Crippen molar-refractivity contribution in [3.8, 4) is 0 Å². The zero-order valence-electron chi connectivity index (χ0n) is 14.1. The second-order valence-corrected chi connectivity index (χ2v) is 7.02. The fourth-order valence-electron chi connectivity index (χ4n) is 2.38. The van der Waals surface area contributed by atoms with E-state index in [9.17, 15) is 9.59 Å². The molecule has 3 aromatic rings. The molecule has 0 atom stereocenters. The molecule has 0 radical (unpaired) electrons. The smallest absolute Gasteiger partial charge is 0.261 e. The number of rotatable bonds is 6. The fourth-order valence-corrected chi connectivity index (χ4v) is 3.14. The first kappa shape index (κ1) is 17.2. The van der Waals surface area contributed by atoms with Crippen LogP contribution in [0.3, 0.4) is 0 Å². The summed E-state index contributed by atoms with van der Waals surface area (Å²) in [7, 11) is 0. The Labute approximate surface area is 148 Å². The predicted octanol–water partition coefficient (Wildman–Crippen LogP) is 2.79. The summed E-state index contributed by atoms with van der Waals surface area (Å²) in [5, 5.41) is 12.7. The fraction of sp³-hybridized carbons (Fsp3) is 0.353. The number of nitrogens with one attached hydrogen (secondary N) is 1. The van der Waals surface area contributed by atoms with Gasteiger partial charge in [0.1, 0.15) is 5.01 Å². The molecule has 25 heavy (non-hydrogen) atoms. The molecule has 7 nitrogen and oxygen atoms in total. The lowest BCUT2D eigenvalue weighted by Crippen LogP contribution is -2.21. The molecule has 0 saturated heterocycles. The Balaban J connectivity index is 1.56.